The molecule has 0 radical (unpaired) electrons. The number of fused-ring (bicyclic) bond motifs is 4. The van der Waals surface area contributed by atoms with Crippen LogP contribution in [0.3, 0.4) is 0 Å². The molecule has 0 spiro atoms. The SMILES string of the molecule is COc1ccc([C@@]23C(=O)N(Nc4ccc(Cl)cc4Cl)C(=O)[C@@H]2C[C@@H]2C(=CC[C@@H]4C(=O)N(C5CCCCC5)C(=O)[C@@H]42)[C@@H]3c2cc(OC)c(O)c(Br)c2Br)cc1. The monoisotopic (exact) mass is 899 g/mol. The third kappa shape index (κ3) is 5.52. The molecule has 282 valence electrons. The van der Waals surface area contributed by atoms with E-state index < -0.39 is 46.8 Å². The molecule has 0 aromatic heterocycles. The lowest BCUT2D eigenvalue weighted by molar-refractivity contribution is -0.144. The first-order valence-electron chi connectivity index (χ1n) is 18.0. The van der Waals surface area contributed by atoms with Crippen molar-refractivity contribution in [2.45, 2.75) is 62.3 Å². The zero-order valence-corrected chi connectivity index (χ0v) is 34.1. The van der Waals surface area contributed by atoms with Crippen molar-refractivity contribution < 1.29 is 33.8 Å². The Kier molecular flexibility index (Phi) is 9.80. The molecule has 4 fully saturated rings. The van der Waals surface area contributed by atoms with E-state index >= 15 is 9.59 Å². The molecule has 2 saturated heterocycles. The number of aromatic hydroxyl groups is 1. The molecule has 10 nitrogen and oxygen atoms in total. The number of imide groups is 2. The standard InChI is InChI=1S/C40H37Br2Cl2N3O7/c1-53-22-11-8-19(9-12-22)40-27(37(50)47(39(40)52)45-29-15-10-20(43)16-28(29)44)17-25-23(32(40)26-18-30(54-2)35(48)34(42)33(26)41)13-14-24-31(25)38(51)46(36(24)49)21-6-4-3-5-7-21/h8-13,15-16,18,21,24-25,27,31-32,45,48H,3-7,14,17H2,1-2H3/t24-,25+,27-,31-,32+,40+/m0/s1. The lowest BCUT2D eigenvalue weighted by Gasteiger charge is -2.51. The summed E-state index contributed by atoms with van der Waals surface area (Å²) in [5.41, 5.74) is 3.63. The minimum absolute atomic E-state index is 0.137. The first-order valence-corrected chi connectivity index (χ1v) is 20.3. The molecule has 2 saturated carbocycles. The molecule has 2 N–H and O–H groups in total. The van der Waals surface area contributed by atoms with E-state index in [0.717, 1.165) is 42.7 Å². The zero-order chi connectivity index (χ0) is 38.2. The molecule has 3 aliphatic carbocycles. The fourth-order valence-electron chi connectivity index (χ4n) is 9.89. The van der Waals surface area contributed by atoms with Crippen molar-refractivity contribution in [1.29, 1.82) is 0 Å². The summed E-state index contributed by atoms with van der Waals surface area (Å²) in [6.45, 7) is 0. The minimum atomic E-state index is -1.58. The van der Waals surface area contributed by atoms with E-state index in [-0.39, 0.29) is 40.8 Å². The van der Waals surface area contributed by atoms with Gasteiger partial charge in [0, 0.05) is 21.5 Å². The molecule has 4 amide bonds. The van der Waals surface area contributed by atoms with Gasteiger partial charge in [-0.2, -0.15) is 5.01 Å². The van der Waals surface area contributed by atoms with Crippen LogP contribution in [0.1, 0.15) is 62.0 Å². The van der Waals surface area contributed by atoms with Crippen molar-refractivity contribution >= 4 is 84.4 Å². The Balaban J connectivity index is 1.36. The number of allylic oxidation sites excluding steroid dienone is 2. The van der Waals surface area contributed by atoms with Crippen molar-refractivity contribution in [2.24, 2.45) is 23.7 Å². The quantitative estimate of drug-likeness (QED) is 0.179. The topological polar surface area (TPSA) is 125 Å². The number of likely N-dealkylation sites (tertiary alicyclic amines) is 1. The minimum Gasteiger partial charge on any atom is -0.503 e. The van der Waals surface area contributed by atoms with Gasteiger partial charge in [-0.15, -0.1) is 0 Å². The summed E-state index contributed by atoms with van der Waals surface area (Å²) in [5, 5.41) is 12.7. The third-order valence-electron chi connectivity index (χ3n) is 12.3. The van der Waals surface area contributed by atoms with E-state index in [4.69, 9.17) is 32.7 Å². The first kappa shape index (κ1) is 37.3. The number of amides is 4. The maximum atomic E-state index is 15.6. The fraction of sp³-hybridized carbons (Fsp3) is 0.400. The van der Waals surface area contributed by atoms with Crippen LogP contribution in [-0.4, -0.2) is 58.9 Å². The number of carbonyl (C=O) groups is 4. The number of hydrogen-bond acceptors (Lipinski definition) is 8. The molecule has 5 aliphatic rings. The highest BCUT2D eigenvalue weighted by Gasteiger charge is 2.71. The van der Waals surface area contributed by atoms with Gasteiger partial charge in [0.1, 0.15) is 5.75 Å². The van der Waals surface area contributed by atoms with E-state index in [2.05, 4.69) is 37.3 Å². The molecule has 54 heavy (non-hydrogen) atoms. The van der Waals surface area contributed by atoms with Crippen LogP contribution >= 0.6 is 55.1 Å². The van der Waals surface area contributed by atoms with E-state index in [1.165, 1.54) is 18.1 Å². The van der Waals surface area contributed by atoms with Gasteiger partial charge in [0.15, 0.2) is 11.5 Å². The van der Waals surface area contributed by atoms with Crippen LogP contribution in [0.25, 0.3) is 0 Å². The predicted octanol–water partition coefficient (Wildman–Crippen LogP) is 8.56. The maximum absolute atomic E-state index is 15.6. The molecule has 2 aliphatic heterocycles. The highest BCUT2D eigenvalue weighted by Crippen LogP contribution is 2.66. The number of hydrogen-bond donors (Lipinski definition) is 2. The van der Waals surface area contributed by atoms with E-state index in [0.29, 0.717) is 43.0 Å². The van der Waals surface area contributed by atoms with Crippen LogP contribution in [0.2, 0.25) is 10.0 Å². The second-order valence-electron chi connectivity index (χ2n) is 14.7. The van der Waals surface area contributed by atoms with Gasteiger partial charge in [0.05, 0.1) is 52.6 Å². The largest absolute Gasteiger partial charge is 0.503 e. The van der Waals surface area contributed by atoms with Gasteiger partial charge in [-0.25, -0.2) is 0 Å². The molecule has 14 heteroatoms. The molecule has 3 aromatic carbocycles. The number of nitrogens with zero attached hydrogens (tertiary/aromatic N) is 2. The Hall–Kier alpha value is -3.58. The molecule has 3 aromatic rings. The summed E-state index contributed by atoms with van der Waals surface area (Å²) in [7, 11) is 2.98. The number of rotatable bonds is 7. The van der Waals surface area contributed by atoms with Crippen molar-refractivity contribution in [2.75, 3.05) is 19.6 Å². The van der Waals surface area contributed by atoms with Gasteiger partial charge in [-0.3, -0.25) is 29.5 Å². The number of carbonyl (C=O) groups excluding carboxylic acids is 4. The highest BCUT2D eigenvalue weighted by atomic mass is 79.9. The second-order valence-corrected chi connectivity index (χ2v) is 17.1. The van der Waals surface area contributed by atoms with Crippen molar-refractivity contribution in [1.82, 2.24) is 9.91 Å². The number of ether oxygens (including phenoxy) is 2. The molecule has 6 atom stereocenters. The molecule has 0 bridgehead atoms. The van der Waals surface area contributed by atoms with Crippen molar-refractivity contribution in [3.8, 4) is 17.2 Å². The zero-order valence-electron chi connectivity index (χ0n) is 29.4. The highest BCUT2D eigenvalue weighted by molar-refractivity contribution is 9.13. The first-order chi connectivity index (χ1) is 25.9. The summed E-state index contributed by atoms with van der Waals surface area (Å²) in [6, 6.07) is 13.3. The smallest absolute Gasteiger partial charge is 0.260 e. The normalized spacial score (nSPS) is 28.1. The van der Waals surface area contributed by atoms with Gasteiger partial charge in [0.2, 0.25) is 11.8 Å². The van der Waals surface area contributed by atoms with Crippen LogP contribution in [0, 0.1) is 23.7 Å². The number of hydrazine groups is 1. The Bertz CT molecular complexity index is 2120. The number of nitrogens with one attached hydrogen (secondary N) is 1. The predicted molar refractivity (Wildman–Crippen MR) is 209 cm³/mol. The molecule has 2 heterocycles. The van der Waals surface area contributed by atoms with Gasteiger partial charge < -0.3 is 14.6 Å². The summed E-state index contributed by atoms with van der Waals surface area (Å²) < 4.78 is 11.9. The van der Waals surface area contributed by atoms with E-state index in [9.17, 15) is 14.7 Å². The van der Waals surface area contributed by atoms with Gasteiger partial charge in [-0.05, 0) is 111 Å². The average molecular weight is 902 g/mol. The Labute approximate surface area is 339 Å². The Morgan fingerprint density at radius 1 is 0.870 bits per heavy atom. The number of phenols is 1. The van der Waals surface area contributed by atoms with Crippen molar-refractivity contribution in [3.63, 3.8) is 0 Å². The van der Waals surface area contributed by atoms with Crippen LogP contribution in [0.4, 0.5) is 5.69 Å². The molecular weight excluding hydrogens is 865 g/mol. The lowest BCUT2D eigenvalue weighted by Crippen LogP contribution is -2.53. The third-order valence-corrected chi connectivity index (χ3v) is 15.0. The van der Waals surface area contributed by atoms with Gasteiger partial charge in [0.25, 0.3) is 11.8 Å². The van der Waals surface area contributed by atoms with Crippen molar-refractivity contribution in [3.05, 3.63) is 90.3 Å². The number of methoxy groups -OCH3 is 2. The Morgan fingerprint density at radius 2 is 1.59 bits per heavy atom. The average Bonchev–Trinajstić information content (AvgIpc) is 3.56. The van der Waals surface area contributed by atoms with E-state index in [1.54, 1.807) is 49.6 Å². The number of anilines is 1. The fourth-order valence-corrected chi connectivity index (χ4v) is 11.3. The van der Waals surface area contributed by atoms with Gasteiger partial charge >= 0.3 is 0 Å². The van der Waals surface area contributed by atoms with Crippen LogP contribution < -0.4 is 14.9 Å². The Morgan fingerprint density at radius 3 is 2.26 bits per heavy atom. The molecular formula is C40H37Br2Cl2N3O7. The summed E-state index contributed by atoms with van der Waals surface area (Å²) in [6.07, 6.45) is 7.01. The molecule has 8 rings (SSSR count). The number of halogens is 4. The summed E-state index contributed by atoms with van der Waals surface area (Å²) in [5.74, 6) is -4.52. The number of benzene rings is 3. The maximum Gasteiger partial charge on any atom is 0.260 e. The van der Waals surface area contributed by atoms with E-state index in [1.807, 2.05) is 6.08 Å². The summed E-state index contributed by atoms with van der Waals surface area (Å²) >= 11 is 20.0. The van der Waals surface area contributed by atoms with Crippen LogP contribution in [0.15, 0.2) is 69.1 Å². The number of phenolic OH excluding ortho intramolecular Hbond substituents is 1. The second kappa shape index (κ2) is 14.2. The lowest BCUT2D eigenvalue weighted by atomic mass is 9.49. The van der Waals surface area contributed by atoms with Gasteiger partial charge in [-0.1, -0.05) is 66.2 Å². The molecule has 0 unspecified atom stereocenters. The van der Waals surface area contributed by atoms with Crippen LogP contribution in [0.5, 0.6) is 17.2 Å². The van der Waals surface area contributed by atoms with Crippen LogP contribution in [-0.2, 0) is 24.6 Å². The summed E-state index contributed by atoms with van der Waals surface area (Å²) in [4.78, 5) is 60.9.